The van der Waals surface area contributed by atoms with Gasteiger partial charge < -0.3 is 30.2 Å². The van der Waals surface area contributed by atoms with E-state index in [1.54, 1.807) is 0 Å². The van der Waals surface area contributed by atoms with Crippen molar-refractivity contribution in [3.05, 3.63) is 38.4 Å². The van der Waals surface area contributed by atoms with E-state index >= 15 is 0 Å². The van der Waals surface area contributed by atoms with Gasteiger partial charge in [0, 0.05) is 18.2 Å². The SMILES string of the molecule is CCCCOC(=O)CNC(=O)[C@H](CSc1ccc([N+](=O)[O-])cc1[N+](=O)[O-])NC(=O)CC[C@H](NC(=O)OC)C(=O)OCCCC. The summed E-state index contributed by atoms with van der Waals surface area (Å²) in [4.78, 5) is 82.8. The minimum atomic E-state index is -1.34. The van der Waals surface area contributed by atoms with E-state index in [-0.39, 0.29) is 36.7 Å². The van der Waals surface area contributed by atoms with Crippen LogP contribution in [-0.4, -0.2) is 84.4 Å². The molecule has 0 aliphatic rings. The molecule has 2 atom stereocenters. The van der Waals surface area contributed by atoms with Crippen LogP contribution in [0.4, 0.5) is 16.2 Å². The molecule has 17 nitrogen and oxygen atoms in total. The Hall–Kier alpha value is -4.48. The van der Waals surface area contributed by atoms with E-state index in [9.17, 15) is 44.2 Å². The number of esters is 2. The molecule has 0 saturated heterocycles. The monoisotopic (exact) mass is 643 g/mol. The fraction of sp³-hybridized carbons (Fsp3) is 0.577. The Kier molecular flexibility index (Phi) is 17.4. The fourth-order valence-corrected chi connectivity index (χ4v) is 4.34. The number of ether oxygens (including phenoxy) is 3. The predicted octanol–water partition coefficient (Wildman–Crippen LogP) is 2.39. The number of alkyl carbamates (subject to hydrolysis) is 1. The molecule has 1 aromatic carbocycles. The number of hydrogen-bond acceptors (Lipinski definition) is 13. The third-order valence-electron chi connectivity index (χ3n) is 5.74. The number of carbonyl (C=O) groups is 5. The minimum Gasteiger partial charge on any atom is -0.464 e. The fourth-order valence-electron chi connectivity index (χ4n) is 3.31. The van der Waals surface area contributed by atoms with E-state index in [1.807, 2.05) is 13.8 Å². The number of benzene rings is 1. The summed E-state index contributed by atoms with van der Waals surface area (Å²) in [6.07, 6.45) is 1.25. The highest BCUT2D eigenvalue weighted by atomic mass is 32.2. The van der Waals surface area contributed by atoms with Crippen LogP contribution >= 0.6 is 11.8 Å². The number of hydrogen-bond donors (Lipinski definition) is 3. The van der Waals surface area contributed by atoms with Crippen molar-refractivity contribution in [2.75, 3.05) is 32.6 Å². The number of nitro groups is 2. The van der Waals surface area contributed by atoms with Crippen LogP contribution in [0.25, 0.3) is 0 Å². The smallest absolute Gasteiger partial charge is 0.407 e. The zero-order valence-electron chi connectivity index (χ0n) is 24.7. The first-order valence-electron chi connectivity index (χ1n) is 13.7. The number of thioether (sulfide) groups is 1. The summed E-state index contributed by atoms with van der Waals surface area (Å²) in [5, 5.41) is 29.7. The Bertz CT molecular complexity index is 1180. The first-order chi connectivity index (χ1) is 20.9. The molecular formula is C26H37N5O12S. The van der Waals surface area contributed by atoms with Gasteiger partial charge in [-0.2, -0.15) is 0 Å². The van der Waals surface area contributed by atoms with Crippen molar-refractivity contribution in [2.45, 2.75) is 69.4 Å². The molecular weight excluding hydrogens is 606 g/mol. The van der Waals surface area contributed by atoms with Crippen molar-refractivity contribution >= 4 is 53.0 Å². The van der Waals surface area contributed by atoms with E-state index in [0.717, 1.165) is 49.9 Å². The van der Waals surface area contributed by atoms with Gasteiger partial charge in [0.05, 0.1) is 41.1 Å². The van der Waals surface area contributed by atoms with Crippen LogP contribution in [0.2, 0.25) is 0 Å². The minimum absolute atomic E-state index is 0.0104. The van der Waals surface area contributed by atoms with E-state index in [1.165, 1.54) is 0 Å². The Morgan fingerprint density at radius 3 is 2.18 bits per heavy atom. The van der Waals surface area contributed by atoms with Gasteiger partial charge in [-0.05, 0) is 25.3 Å². The lowest BCUT2D eigenvalue weighted by molar-refractivity contribution is -0.396. The van der Waals surface area contributed by atoms with E-state index in [2.05, 4.69) is 20.7 Å². The predicted molar refractivity (Wildman–Crippen MR) is 156 cm³/mol. The zero-order valence-corrected chi connectivity index (χ0v) is 25.5. The molecule has 44 heavy (non-hydrogen) atoms. The molecule has 1 rings (SSSR count). The Morgan fingerprint density at radius 2 is 1.59 bits per heavy atom. The second-order valence-corrected chi connectivity index (χ2v) is 10.2. The maximum Gasteiger partial charge on any atom is 0.407 e. The summed E-state index contributed by atoms with van der Waals surface area (Å²) >= 11 is 0.774. The quantitative estimate of drug-likeness (QED) is 0.0463. The summed E-state index contributed by atoms with van der Waals surface area (Å²) in [6, 6.07) is 0.414. The number of unbranched alkanes of at least 4 members (excludes halogenated alkanes) is 2. The molecule has 0 aliphatic carbocycles. The summed E-state index contributed by atoms with van der Waals surface area (Å²) in [6.45, 7) is 3.55. The van der Waals surface area contributed by atoms with Gasteiger partial charge in [0.15, 0.2) is 0 Å². The third-order valence-corrected chi connectivity index (χ3v) is 6.90. The second kappa shape index (κ2) is 20.4. The molecule has 0 aliphatic heterocycles. The van der Waals surface area contributed by atoms with Gasteiger partial charge in [-0.15, -0.1) is 11.8 Å². The number of amides is 3. The highest BCUT2D eigenvalue weighted by Gasteiger charge is 2.28. The van der Waals surface area contributed by atoms with Gasteiger partial charge in [-0.1, -0.05) is 26.7 Å². The largest absolute Gasteiger partial charge is 0.464 e. The van der Waals surface area contributed by atoms with Gasteiger partial charge in [0.25, 0.3) is 11.4 Å². The van der Waals surface area contributed by atoms with Crippen molar-refractivity contribution in [1.29, 1.82) is 0 Å². The maximum atomic E-state index is 13.0. The molecule has 0 heterocycles. The zero-order chi connectivity index (χ0) is 33.1. The van der Waals surface area contributed by atoms with Gasteiger partial charge in [-0.3, -0.25) is 34.6 Å². The van der Waals surface area contributed by atoms with Crippen LogP contribution in [-0.2, 0) is 33.4 Å². The highest BCUT2D eigenvalue weighted by Crippen LogP contribution is 2.32. The number of non-ortho nitro benzene ring substituents is 1. The summed E-state index contributed by atoms with van der Waals surface area (Å²) < 4.78 is 14.6. The molecule has 1 aromatic rings. The Balaban J connectivity index is 3.04. The van der Waals surface area contributed by atoms with Crippen molar-refractivity contribution in [3.8, 4) is 0 Å². The average molecular weight is 644 g/mol. The van der Waals surface area contributed by atoms with Crippen LogP contribution in [0.3, 0.4) is 0 Å². The lowest BCUT2D eigenvalue weighted by atomic mass is 10.1. The standard InChI is InChI=1S/C26H37N5O12S/c1-4-6-12-42-23(33)15-27-24(34)19(16-44-21-10-8-17(30(37)38)14-20(21)31(39)40)28-22(32)11-9-18(29-26(36)41-3)25(35)43-13-7-5-2/h8,10,14,18-19H,4-7,9,11-13,15-16H2,1-3H3,(H,27,34)(H,28,32)(H,29,36)/t18-,19-/m0/s1. The molecule has 0 radical (unpaired) electrons. The van der Waals surface area contributed by atoms with Gasteiger partial charge in [-0.25, -0.2) is 9.59 Å². The Morgan fingerprint density at radius 1 is 0.932 bits per heavy atom. The molecule has 0 aromatic heterocycles. The van der Waals surface area contributed by atoms with Gasteiger partial charge in [0.2, 0.25) is 11.8 Å². The third kappa shape index (κ3) is 14.1. The summed E-state index contributed by atoms with van der Waals surface area (Å²) in [5.74, 6) is -3.31. The molecule has 18 heteroatoms. The number of nitrogens with one attached hydrogen (secondary N) is 3. The van der Waals surface area contributed by atoms with Crippen LogP contribution in [0.1, 0.15) is 52.4 Å². The van der Waals surface area contributed by atoms with Crippen molar-refractivity contribution in [3.63, 3.8) is 0 Å². The van der Waals surface area contributed by atoms with Crippen molar-refractivity contribution in [2.24, 2.45) is 0 Å². The van der Waals surface area contributed by atoms with Crippen molar-refractivity contribution in [1.82, 2.24) is 16.0 Å². The molecule has 3 N–H and O–H groups in total. The highest BCUT2D eigenvalue weighted by molar-refractivity contribution is 7.99. The number of carbonyl (C=O) groups excluding carboxylic acids is 5. The number of methoxy groups -OCH3 is 1. The van der Waals surface area contributed by atoms with Crippen molar-refractivity contribution < 1.29 is 48.0 Å². The number of nitrogens with zero attached hydrogens (tertiary/aromatic N) is 2. The Labute approximate surface area is 257 Å². The van der Waals surface area contributed by atoms with Crippen LogP contribution in [0.15, 0.2) is 23.1 Å². The first kappa shape index (κ1) is 37.5. The molecule has 0 bridgehead atoms. The van der Waals surface area contributed by atoms with Crippen LogP contribution in [0, 0.1) is 20.2 Å². The normalized spacial score (nSPS) is 11.8. The van der Waals surface area contributed by atoms with Gasteiger partial charge >= 0.3 is 18.0 Å². The van der Waals surface area contributed by atoms with Crippen LogP contribution in [0.5, 0.6) is 0 Å². The number of nitro benzene ring substituents is 2. The lowest BCUT2D eigenvalue weighted by Gasteiger charge is -2.20. The molecule has 244 valence electrons. The number of rotatable bonds is 20. The summed E-state index contributed by atoms with van der Waals surface area (Å²) in [7, 11) is 1.09. The second-order valence-electron chi connectivity index (χ2n) is 9.14. The van der Waals surface area contributed by atoms with E-state index in [0.29, 0.717) is 12.8 Å². The van der Waals surface area contributed by atoms with Gasteiger partial charge in [0.1, 0.15) is 18.6 Å². The van der Waals surface area contributed by atoms with Crippen LogP contribution < -0.4 is 16.0 Å². The maximum absolute atomic E-state index is 13.0. The molecule has 0 fully saturated rings. The average Bonchev–Trinajstić information content (AvgIpc) is 2.99. The molecule has 0 spiro atoms. The topological polar surface area (TPSA) is 235 Å². The lowest BCUT2D eigenvalue weighted by Crippen LogP contribution is -2.50. The summed E-state index contributed by atoms with van der Waals surface area (Å²) in [5.41, 5.74) is -1.08. The molecule has 0 unspecified atom stereocenters. The first-order valence-corrected chi connectivity index (χ1v) is 14.7. The van der Waals surface area contributed by atoms with E-state index < -0.39 is 69.7 Å². The molecule has 0 saturated carbocycles. The van der Waals surface area contributed by atoms with E-state index in [4.69, 9.17) is 9.47 Å². The molecule has 3 amide bonds.